The molecule has 2 aliphatic carbocycles. The molecule has 0 aromatic heterocycles. The molecule has 4 aliphatic heterocycles. The van der Waals surface area contributed by atoms with Crippen LogP contribution in [0.4, 0.5) is 0 Å². The molecule has 0 spiro atoms. The zero-order valence-electron chi connectivity index (χ0n) is 41.0. The molecule has 4 atom stereocenters. The summed E-state index contributed by atoms with van der Waals surface area (Å²) in [5.74, 6) is 0.237. The molecular weight excluding hydrogens is 940 g/mol. The van der Waals surface area contributed by atoms with Crippen molar-refractivity contribution in [1.82, 2.24) is 20.0 Å². The van der Waals surface area contributed by atoms with Gasteiger partial charge in [0.1, 0.15) is 0 Å². The van der Waals surface area contributed by atoms with Gasteiger partial charge in [0.25, 0.3) is 10.1 Å². The lowest BCUT2D eigenvalue weighted by Crippen LogP contribution is -2.56. The third-order valence-corrected chi connectivity index (χ3v) is 15.3. The van der Waals surface area contributed by atoms with Gasteiger partial charge in [-0.15, -0.1) is 0 Å². The van der Waals surface area contributed by atoms with E-state index in [1.54, 1.807) is 4.90 Å². The Balaban J connectivity index is 0.000000202. The van der Waals surface area contributed by atoms with Crippen molar-refractivity contribution in [2.24, 2.45) is 11.8 Å². The van der Waals surface area contributed by atoms with E-state index in [-0.39, 0.29) is 53.9 Å². The molecule has 4 fully saturated rings. The predicted molar refractivity (Wildman–Crippen MR) is 273 cm³/mol. The molecule has 4 saturated heterocycles. The number of amides is 2. The van der Waals surface area contributed by atoms with Crippen LogP contribution in [0.1, 0.15) is 111 Å². The van der Waals surface area contributed by atoms with Crippen LogP contribution in [0.3, 0.4) is 0 Å². The summed E-state index contributed by atoms with van der Waals surface area (Å²) in [5.41, 5.74) is 6.84. The van der Waals surface area contributed by atoms with E-state index in [1.165, 1.54) is 11.1 Å². The van der Waals surface area contributed by atoms with Gasteiger partial charge in [-0.05, 0) is 116 Å². The summed E-state index contributed by atoms with van der Waals surface area (Å²) in [7, 11) is -3.42. The first-order valence-electron chi connectivity index (χ1n) is 25.2. The Hall–Kier alpha value is -3.47. The van der Waals surface area contributed by atoms with Crippen LogP contribution >= 0.6 is 23.2 Å². The number of benzene rings is 2. The zero-order valence-corrected chi connectivity index (χ0v) is 43.3. The van der Waals surface area contributed by atoms with E-state index in [0.29, 0.717) is 58.0 Å². The number of allylic oxidation sites excluding steroid dienone is 2. The minimum absolute atomic E-state index is 0.00285. The Morgan fingerprint density at radius 1 is 0.696 bits per heavy atom. The Labute approximate surface area is 420 Å². The van der Waals surface area contributed by atoms with Gasteiger partial charge in [-0.25, -0.2) is 0 Å². The monoisotopic (exact) mass is 1010 g/mol. The largest absolute Gasteiger partial charge is 0.379 e. The first-order chi connectivity index (χ1) is 33.2. The van der Waals surface area contributed by atoms with Crippen LogP contribution in [0, 0.1) is 11.8 Å². The van der Waals surface area contributed by atoms with E-state index in [4.69, 9.17) is 36.9 Å². The number of hydrogen-bond acceptors (Lipinski definition) is 11. The Morgan fingerprint density at radius 2 is 1.17 bits per heavy atom. The summed E-state index contributed by atoms with van der Waals surface area (Å²) < 4.78 is 37.0. The minimum Gasteiger partial charge on any atom is -0.379 e. The summed E-state index contributed by atoms with van der Waals surface area (Å²) in [4.78, 5) is 57.1. The summed E-state index contributed by atoms with van der Waals surface area (Å²) in [5, 5.41) is 4.74. The SMILES string of the molecule is C1COCCN1.C[C@H](CCCCN1CCOCC1)C(=O)N1CC[C@H]1C(=O)CCc1ccc2c(c1)C(Cl)=CC2.C[C@H](CCCCOS(C)(=O)=O)C(=O)N1CC[C@H]1C(=O)CCc1ccc2c(c1)C(Cl)=CC2. The Morgan fingerprint density at radius 3 is 1.59 bits per heavy atom. The third-order valence-electron chi connectivity index (χ3n) is 14.0. The van der Waals surface area contributed by atoms with E-state index in [1.807, 2.05) is 30.9 Å². The van der Waals surface area contributed by atoms with E-state index in [9.17, 15) is 27.6 Å². The minimum atomic E-state index is -3.42. The highest BCUT2D eigenvalue weighted by Gasteiger charge is 2.39. The van der Waals surface area contributed by atoms with E-state index in [2.05, 4.69) is 46.6 Å². The van der Waals surface area contributed by atoms with Crippen molar-refractivity contribution in [3.8, 4) is 0 Å². The molecule has 0 saturated carbocycles. The fourth-order valence-corrected chi connectivity index (χ4v) is 10.4. The van der Waals surface area contributed by atoms with Gasteiger partial charge >= 0.3 is 0 Å². The number of rotatable bonds is 21. The van der Waals surface area contributed by atoms with Crippen LogP contribution in [-0.2, 0) is 68.6 Å². The lowest BCUT2D eigenvalue weighted by Gasteiger charge is -2.41. The number of hydrogen-bond donors (Lipinski definition) is 1. The maximum absolute atomic E-state index is 12.9. The number of carbonyl (C=O) groups is 4. The highest BCUT2D eigenvalue weighted by molar-refractivity contribution is 7.85. The quantitative estimate of drug-likeness (QED) is 0.0986. The van der Waals surface area contributed by atoms with Crippen LogP contribution in [0.2, 0.25) is 0 Å². The first kappa shape index (κ1) is 54.9. The Kier molecular flexibility index (Phi) is 21.8. The van der Waals surface area contributed by atoms with Crippen molar-refractivity contribution in [3.05, 3.63) is 81.9 Å². The molecule has 2 aromatic carbocycles. The van der Waals surface area contributed by atoms with Crippen LogP contribution in [0.5, 0.6) is 0 Å². The lowest BCUT2D eigenvalue weighted by atomic mass is 9.91. The number of likely N-dealkylation sites (tertiary alicyclic amines) is 2. The van der Waals surface area contributed by atoms with E-state index < -0.39 is 10.1 Å². The number of carbonyl (C=O) groups excluding carboxylic acids is 4. The van der Waals surface area contributed by atoms with E-state index in [0.717, 1.165) is 143 Å². The number of ketones is 2. The van der Waals surface area contributed by atoms with Crippen LogP contribution in [0.15, 0.2) is 48.6 Å². The molecule has 16 heteroatoms. The van der Waals surface area contributed by atoms with Gasteiger partial charge in [-0.2, -0.15) is 8.42 Å². The van der Waals surface area contributed by atoms with Crippen molar-refractivity contribution in [2.75, 3.05) is 85.1 Å². The molecule has 69 heavy (non-hydrogen) atoms. The molecule has 0 radical (unpaired) electrons. The summed E-state index contributed by atoms with van der Waals surface area (Å²) >= 11 is 12.5. The number of halogens is 2. The van der Waals surface area contributed by atoms with Crippen LogP contribution < -0.4 is 5.32 Å². The van der Waals surface area contributed by atoms with Gasteiger partial charge in [-0.1, -0.05) is 86.3 Å². The second kappa shape index (κ2) is 27.4. The normalized spacial score (nSPS) is 20.6. The number of morpholine rings is 2. The number of ether oxygens (including phenoxy) is 2. The summed E-state index contributed by atoms with van der Waals surface area (Å²) in [6.07, 6.45) is 15.5. The fraction of sp³-hybridized carbons (Fsp3) is 0.623. The molecular formula is C53H74Cl2N4O9S. The molecule has 1 N–H and O–H groups in total. The highest BCUT2D eigenvalue weighted by Crippen LogP contribution is 2.33. The van der Waals surface area contributed by atoms with Gasteiger partial charge in [0.15, 0.2) is 11.6 Å². The summed E-state index contributed by atoms with van der Waals surface area (Å²) in [6.45, 7) is 13.9. The molecule has 4 heterocycles. The molecule has 2 aromatic rings. The molecule has 13 nitrogen and oxygen atoms in total. The molecule has 380 valence electrons. The van der Waals surface area contributed by atoms with Crippen LogP contribution in [0.25, 0.3) is 10.1 Å². The molecule has 8 rings (SSSR count). The standard InChI is InChI=1S/C26H35ClN2O3.C23H30ClNO5S.C4H9NO/c1-19(4-2-3-12-28-14-16-32-17-15-28)26(31)29-13-11-24(29)25(30)10-6-20-5-7-21-8-9-23(27)22(21)18-20;1-16(5-3-4-14-30-31(2,28)29)23(27)25-13-12-21(25)22(26)11-7-17-6-8-18-9-10-20(24)19(18)15-17;1-3-6-4-2-5-1/h5,7,9,18-19,24H,2-4,6,8,10-17H2,1H3;6,8,10,15-16,21H,3-5,7,9,11-14H2,1-2H3;5H,1-4H2/t19-,24+;16-,21+;/m11./s1. The zero-order chi connectivity index (χ0) is 49.3. The summed E-state index contributed by atoms with van der Waals surface area (Å²) in [6, 6.07) is 12.0. The maximum Gasteiger partial charge on any atom is 0.264 e. The first-order valence-corrected chi connectivity index (χ1v) is 27.8. The molecule has 6 aliphatic rings. The second-order valence-electron chi connectivity index (χ2n) is 19.2. The van der Waals surface area contributed by atoms with Crippen molar-refractivity contribution in [1.29, 1.82) is 0 Å². The average molecular weight is 1010 g/mol. The number of nitrogens with zero attached hydrogens (tertiary/aromatic N) is 3. The Bertz CT molecular complexity index is 2230. The molecule has 0 bridgehead atoms. The van der Waals surface area contributed by atoms with Crippen molar-refractivity contribution >= 4 is 66.8 Å². The van der Waals surface area contributed by atoms with Crippen molar-refractivity contribution < 1.29 is 41.3 Å². The van der Waals surface area contributed by atoms with Crippen molar-refractivity contribution in [2.45, 2.75) is 116 Å². The second-order valence-corrected chi connectivity index (χ2v) is 21.7. The van der Waals surface area contributed by atoms with Gasteiger partial charge in [0, 0.05) is 74.0 Å². The van der Waals surface area contributed by atoms with Gasteiger partial charge in [0.2, 0.25) is 11.8 Å². The topological polar surface area (TPSA) is 152 Å². The number of Topliss-reactive ketones (excluding diaryl/α,β-unsaturated/α-hetero) is 2. The number of fused-ring (bicyclic) bond motifs is 2. The fourth-order valence-electron chi connectivity index (χ4n) is 9.52. The van der Waals surface area contributed by atoms with Crippen molar-refractivity contribution in [3.63, 3.8) is 0 Å². The maximum atomic E-state index is 12.9. The van der Waals surface area contributed by atoms with Gasteiger partial charge in [0.05, 0.1) is 51.4 Å². The number of unbranched alkanes of at least 4 members (excludes halogenated alkanes) is 2. The van der Waals surface area contributed by atoms with Gasteiger partial charge in [-0.3, -0.25) is 28.3 Å². The number of nitrogens with one attached hydrogen (secondary N) is 1. The number of aryl methyl sites for hydroxylation is 2. The predicted octanol–water partition coefficient (Wildman–Crippen LogP) is 7.38. The third kappa shape index (κ3) is 16.8. The van der Waals surface area contributed by atoms with Gasteiger partial charge < -0.3 is 24.6 Å². The van der Waals surface area contributed by atoms with Crippen LogP contribution in [-0.4, -0.2) is 144 Å². The molecule has 0 unspecified atom stereocenters. The average Bonchev–Trinajstić information content (AvgIpc) is 3.89. The lowest BCUT2D eigenvalue weighted by molar-refractivity contribution is -0.149. The van der Waals surface area contributed by atoms with E-state index >= 15 is 0 Å². The molecule has 2 amide bonds. The highest BCUT2D eigenvalue weighted by atomic mass is 35.5. The smallest absolute Gasteiger partial charge is 0.264 e.